The topological polar surface area (TPSA) is 143 Å². The van der Waals surface area contributed by atoms with Gasteiger partial charge in [-0.05, 0) is 66.6 Å². The van der Waals surface area contributed by atoms with Crippen molar-refractivity contribution in [2.75, 3.05) is 6.61 Å². The largest absolute Gasteiger partial charge is 0.507 e. The van der Waals surface area contributed by atoms with Crippen LogP contribution in [0.15, 0.2) is 55.3 Å². The lowest BCUT2D eigenvalue weighted by Gasteiger charge is -2.16. The predicted octanol–water partition coefficient (Wildman–Crippen LogP) is 5.61. The number of alkyl halides is 3. The normalized spacial score (nSPS) is 13.9. The van der Waals surface area contributed by atoms with Gasteiger partial charge >= 0.3 is 18.1 Å². The number of amides is 1. The maximum atomic E-state index is 13.9. The van der Waals surface area contributed by atoms with Crippen LogP contribution in [0.5, 0.6) is 5.75 Å². The van der Waals surface area contributed by atoms with E-state index in [2.05, 4.69) is 22.0 Å². The molecular formula is C31H28F4N4O6. The Morgan fingerprint density at radius 2 is 1.93 bits per heavy atom. The number of carboxylic acid groups (broad SMARTS) is 1. The molecule has 0 bridgehead atoms. The Balaban J connectivity index is 0.000000297. The van der Waals surface area contributed by atoms with Crippen molar-refractivity contribution in [1.29, 1.82) is 0 Å². The van der Waals surface area contributed by atoms with E-state index in [1.807, 2.05) is 13.8 Å². The summed E-state index contributed by atoms with van der Waals surface area (Å²) in [5.41, 5.74) is 1.77. The number of phenols is 1. The van der Waals surface area contributed by atoms with Crippen LogP contribution in [0.3, 0.4) is 0 Å². The number of nitrogens with zero attached hydrogens (tertiary/aromatic N) is 3. The van der Waals surface area contributed by atoms with Crippen LogP contribution in [0, 0.1) is 12.7 Å². The Labute approximate surface area is 254 Å². The maximum Gasteiger partial charge on any atom is 0.419 e. The molecule has 1 amide bonds. The molecule has 10 nitrogen and oxygen atoms in total. The van der Waals surface area contributed by atoms with Crippen molar-refractivity contribution in [2.45, 2.75) is 45.3 Å². The van der Waals surface area contributed by atoms with Crippen molar-refractivity contribution in [1.82, 2.24) is 19.9 Å². The first-order valence-electron chi connectivity index (χ1n) is 13.6. The molecule has 2 aromatic carbocycles. The molecule has 0 spiro atoms. The Morgan fingerprint density at radius 3 is 2.56 bits per heavy atom. The van der Waals surface area contributed by atoms with Crippen LogP contribution in [0.4, 0.5) is 17.6 Å². The van der Waals surface area contributed by atoms with Gasteiger partial charge in [0, 0.05) is 6.07 Å². The Kier molecular flexibility index (Phi) is 9.54. The number of phenolic OH excluding ortho intramolecular Hbond substituents is 1. The molecule has 1 aliphatic rings. The summed E-state index contributed by atoms with van der Waals surface area (Å²) in [7, 11) is 0. The summed E-state index contributed by atoms with van der Waals surface area (Å²) in [5, 5.41) is 24.9. The lowest BCUT2D eigenvalue weighted by Crippen LogP contribution is -2.29. The zero-order valence-corrected chi connectivity index (χ0v) is 24.1. The summed E-state index contributed by atoms with van der Waals surface area (Å²) in [6.07, 6.45) is -0.296. The molecule has 236 valence electrons. The number of carbonyl (C=O) groups excluding carboxylic acids is 2. The number of benzene rings is 2. The lowest BCUT2D eigenvalue weighted by atomic mass is 9.98. The summed E-state index contributed by atoms with van der Waals surface area (Å²) in [6, 6.07) is 7.51. The molecule has 1 aliphatic carbocycles. The molecule has 0 saturated carbocycles. The summed E-state index contributed by atoms with van der Waals surface area (Å²) in [5.74, 6) is -3.99. The smallest absolute Gasteiger partial charge is 0.419 e. The third-order valence-corrected chi connectivity index (χ3v) is 7.21. The number of aryl methyl sites for hydroxylation is 1. The number of hydrogen-bond acceptors (Lipinski definition) is 7. The van der Waals surface area contributed by atoms with E-state index in [4.69, 9.17) is 9.84 Å². The summed E-state index contributed by atoms with van der Waals surface area (Å²) >= 11 is 0. The van der Waals surface area contributed by atoms with Crippen molar-refractivity contribution in [3.05, 3.63) is 106 Å². The zero-order valence-electron chi connectivity index (χ0n) is 24.1. The zero-order chi connectivity index (χ0) is 33.1. The molecule has 14 heteroatoms. The fraction of sp³-hybridized carbons (Fsp3) is 0.258. The van der Waals surface area contributed by atoms with Crippen LogP contribution in [-0.4, -0.2) is 49.3 Å². The van der Waals surface area contributed by atoms with Crippen molar-refractivity contribution in [3.8, 4) is 5.75 Å². The molecule has 0 radical (unpaired) electrons. The van der Waals surface area contributed by atoms with Crippen molar-refractivity contribution >= 4 is 23.5 Å². The first-order chi connectivity index (χ1) is 21.3. The van der Waals surface area contributed by atoms with Gasteiger partial charge in [0.25, 0.3) is 5.91 Å². The number of nitrogens with one attached hydrogen (secondary N) is 1. The Hall–Kier alpha value is -5.27. The average Bonchev–Trinajstić information content (AvgIpc) is 3.58. The second-order valence-corrected chi connectivity index (χ2v) is 10.0. The van der Waals surface area contributed by atoms with Gasteiger partial charge in [0.2, 0.25) is 0 Å². The number of carbonyl (C=O) groups is 3. The SMILES string of the molecule is C=CCOC(=O)c1ccc2c(c1C)CC[C@@H]2NC(=O)c1cc(C(=O)O)nc2c(F)cnn12.CCc1ccc(C(F)(F)F)c(O)c1. The van der Waals surface area contributed by atoms with Crippen LogP contribution < -0.4 is 5.32 Å². The summed E-state index contributed by atoms with van der Waals surface area (Å²) < 4.78 is 56.4. The molecule has 3 N–H and O–H groups in total. The third-order valence-electron chi connectivity index (χ3n) is 7.21. The van der Waals surface area contributed by atoms with E-state index in [9.17, 15) is 37.1 Å². The number of aromatic hydroxyl groups is 1. The van der Waals surface area contributed by atoms with Crippen LogP contribution in [0.1, 0.15) is 78.5 Å². The number of ether oxygens (including phenoxy) is 1. The minimum Gasteiger partial charge on any atom is -0.507 e. The minimum absolute atomic E-state index is 0.112. The van der Waals surface area contributed by atoms with Crippen LogP contribution in [0.25, 0.3) is 5.65 Å². The number of hydrogen-bond donors (Lipinski definition) is 3. The molecule has 1 atom stereocenters. The van der Waals surface area contributed by atoms with E-state index in [1.54, 1.807) is 12.1 Å². The molecule has 2 aromatic heterocycles. The lowest BCUT2D eigenvalue weighted by molar-refractivity contribution is -0.138. The van der Waals surface area contributed by atoms with Crippen LogP contribution in [-0.2, 0) is 23.8 Å². The Bertz CT molecular complexity index is 1800. The van der Waals surface area contributed by atoms with Gasteiger partial charge in [0.05, 0.1) is 23.4 Å². The fourth-order valence-corrected chi connectivity index (χ4v) is 4.94. The van der Waals surface area contributed by atoms with E-state index in [1.165, 1.54) is 12.1 Å². The van der Waals surface area contributed by atoms with E-state index >= 15 is 0 Å². The number of esters is 1. The van der Waals surface area contributed by atoms with Crippen LogP contribution in [0.2, 0.25) is 0 Å². The molecule has 5 rings (SSSR count). The van der Waals surface area contributed by atoms with Gasteiger partial charge in [-0.15, -0.1) is 0 Å². The van der Waals surface area contributed by atoms with E-state index in [0.29, 0.717) is 30.4 Å². The highest BCUT2D eigenvalue weighted by Crippen LogP contribution is 2.36. The number of rotatable bonds is 7. The van der Waals surface area contributed by atoms with Gasteiger partial charge in [-0.1, -0.05) is 31.7 Å². The van der Waals surface area contributed by atoms with Crippen LogP contribution >= 0.6 is 0 Å². The van der Waals surface area contributed by atoms with Gasteiger partial charge in [-0.25, -0.2) is 23.5 Å². The predicted molar refractivity (Wildman–Crippen MR) is 153 cm³/mol. The number of carboxylic acids is 1. The first-order valence-corrected chi connectivity index (χ1v) is 13.6. The number of halogens is 4. The van der Waals surface area contributed by atoms with Gasteiger partial charge < -0.3 is 20.3 Å². The van der Waals surface area contributed by atoms with Gasteiger partial charge in [0.15, 0.2) is 17.2 Å². The van der Waals surface area contributed by atoms with Crippen molar-refractivity contribution < 1.29 is 46.9 Å². The molecule has 4 aromatic rings. The number of aromatic carboxylic acids is 1. The molecule has 0 fully saturated rings. The minimum atomic E-state index is -4.48. The highest BCUT2D eigenvalue weighted by molar-refractivity contribution is 5.96. The standard InChI is InChI=1S/C22H19FN4O5.C9H9F3O/c1-3-8-32-22(31)13-4-5-14-12(11(13)2)6-7-16(14)26-20(28)18-9-17(21(29)30)25-19-15(23)10-24-27(18)19;1-2-6-3-4-7(8(13)5-6)9(10,11)12/h3-5,9-10,16H,1,6-8H2,2H3,(H,26,28)(H,29,30);3-5,13H,2H2,1H3/t16-;/m0./s1. The second kappa shape index (κ2) is 13.2. The highest BCUT2D eigenvalue weighted by atomic mass is 19.4. The van der Waals surface area contributed by atoms with Crippen molar-refractivity contribution in [2.24, 2.45) is 0 Å². The van der Waals surface area contributed by atoms with E-state index < -0.39 is 46.8 Å². The van der Waals surface area contributed by atoms with Gasteiger partial charge in [-0.2, -0.15) is 18.3 Å². The van der Waals surface area contributed by atoms with Gasteiger partial charge in [0.1, 0.15) is 18.1 Å². The second-order valence-electron chi connectivity index (χ2n) is 10.0. The summed E-state index contributed by atoms with van der Waals surface area (Å²) in [6.45, 7) is 7.27. The highest BCUT2D eigenvalue weighted by Gasteiger charge is 2.33. The number of fused-ring (bicyclic) bond motifs is 2. The molecule has 45 heavy (non-hydrogen) atoms. The molecule has 0 aliphatic heterocycles. The Morgan fingerprint density at radius 1 is 1.20 bits per heavy atom. The molecular weight excluding hydrogens is 600 g/mol. The number of aromatic nitrogens is 3. The average molecular weight is 629 g/mol. The molecule has 2 heterocycles. The maximum absolute atomic E-state index is 13.9. The third kappa shape index (κ3) is 6.95. The monoisotopic (exact) mass is 628 g/mol. The molecule has 0 saturated heterocycles. The summed E-state index contributed by atoms with van der Waals surface area (Å²) in [4.78, 5) is 40.3. The fourth-order valence-electron chi connectivity index (χ4n) is 4.94. The van der Waals surface area contributed by atoms with E-state index in [0.717, 1.165) is 45.6 Å². The van der Waals surface area contributed by atoms with Crippen molar-refractivity contribution in [3.63, 3.8) is 0 Å². The molecule has 0 unspecified atom stereocenters. The van der Waals surface area contributed by atoms with Gasteiger partial charge in [-0.3, -0.25) is 4.79 Å². The van der Waals surface area contributed by atoms with E-state index in [-0.39, 0.29) is 24.0 Å². The first kappa shape index (κ1) is 32.6. The quantitative estimate of drug-likeness (QED) is 0.136.